The number of nitrogens with one attached hydrogen (secondary N) is 1. The minimum absolute atomic E-state index is 0.262. The van der Waals surface area contributed by atoms with Crippen LogP contribution in [0.3, 0.4) is 0 Å². The lowest BCUT2D eigenvalue weighted by Crippen LogP contribution is -2.18. The van der Waals surface area contributed by atoms with Crippen LogP contribution >= 0.6 is 0 Å². The summed E-state index contributed by atoms with van der Waals surface area (Å²) in [5.74, 6) is 0.875. The van der Waals surface area contributed by atoms with Gasteiger partial charge in [-0.2, -0.15) is 0 Å². The van der Waals surface area contributed by atoms with Gasteiger partial charge in [-0.3, -0.25) is 9.97 Å². The van der Waals surface area contributed by atoms with Gasteiger partial charge in [0.1, 0.15) is 5.75 Å². The molecule has 2 aromatic rings. The van der Waals surface area contributed by atoms with Crippen molar-refractivity contribution in [2.75, 3.05) is 7.11 Å². The van der Waals surface area contributed by atoms with Gasteiger partial charge in [-0.05, 0) is 24.6 Å². The van der Waals surface area contributed by atoms with E-state index in [1.807, 2.05) is 12.1 Å². The van der Waals surface area contributed by atoms with E-state index >= 15 is 0 Å². The second-order valence-electron chi connectivity index (χ2n) is 4.07. The molecular weight excluding hydrogens is 226 g/mol. The first-order valence-electron chi connectivity index (χ1n) is 5.92. The van der Waals surface area contributed by atoms with Gasteiger partial charge in [0.15, 0.2) is 0 Å². The summed E-state index contributed by atoms with van der Waals surface area (Å²) < 4.78 is 5.14. The quantitative estimate of drug-likeness (QED) is 0.875. The molecule has 0 fully saturated rings. The molecule has 0 saturated heterocycles. The Hall–Kier alpha value is -1.94. The van der Waals surface area contributed by atoms with E-state index in [9.17, 15) is 0 Å². The largest absolute Gasteiger partial charge is 0.497 e. The van der Waals surface area contributed by atoms with Gasteiger partial charge in [-0.15, -0.1) is 0 Å². The summed E-state index contributed by atoms with van der Waals surface area (Å²) in [5, 5.41) is 3.41. The Kier molecular flexibility index (Phi) is 4.25. The van der Waals surface area contributed by atoms with Gasteiger partial charge >= 0.3 is 0 Å². The zero-order valence-corrected chi connectivity index (χ0v) is 10.6. The van der Waals surface area contributed by atoms with Gasteiger partial charge in [-0.1, -0.05) is 12.1 Å². The highest BCUT2D eigenvalue weighted by molar-refractivity contribution is 5.28. The van der Waals surface area contributed by atoms with Crippen molar-refractivity contribution in [3.63, 3.8) is 0 Å². The fourth-order valence-electron chi connectivity index (χ4n) is 1.69. The fourth-order valence-corrected chi connectivity index (χ4v) is 1.69. The number of ether oxygens (including phenoxy) is 1. The summed E-state index contributed by atoms with van der Waals surface area (Å²) in [5.41, 5.74) is 2.16. The highest BCUT2D eigenvalue weighted by atomic mass is 16.5. The molecule has 94 valence electrons. The molecule has 0 aliphatic rings. The average Bonchev–Trinajstić information content (AvgIpc) is 2.46. The molecule has 0 radical (unpaired) electrons. The third-order valence-corrected chi connectivity index (χ3v) is 2.82. The first-order valence-corrected chi connectivity index (χ1v) is 5.92. The van der Waals surface area contributed by atoms with Crippen LogP contribution in [0.25, 0.3) is 0 Å². The van der Waals surface area contributed by atoms with Crippen LogP contribution in [0, 0.1) is 0 Å². The van der Waals surface area contributed by atoms with Crippen LogP contribution in [-0.4, -0.2) is 17.1 Å². The molecule has 1 unspecified atom stereocenters. The second-order valence-corrected chi connectivity index (χ2v) is 4.07. The van der Waals surface area contributed by atoms with Crippen LogP contribution in [0.5, 0.6) is 5.75 Å². The van der Waals surface area contributed by atoms with Gasteiger partial charge < -0.3 is 10.1 Å². The summed E-state index contributed by atoms with van der Waals surface area (Å²) >= 11 is 0. The second kappa shape index (κ2) is 6.12. The number of hydrogen-bond donors (Lipinski definition) is 1. The van der Waals surface area contributed by atoms with Crippen LogP contribution in [0.4, 0.5) is 0 Å². The maximum Gasteiger partial charge on any atom is 0.118 e. The summed E-state index contributed by atoms with van der Waals surface area (Å²) in [6.45, 7) is 2.83. The number of rotatable bonds is 5. The van der Waals surface area contributed by atoms with Gasteiger partial charge in [0.25, 0.3) is 0 Å². The Morgan fingerprint density at radius 1 is 1.22 bits per heavy atom. The average molecular weight is 243 g/mol. The van der Waals surface area contributed by atoms with E-state index in [1.54, 1.807) is 25.7 Å². The predicted octanol–water partition coefficient (Wildman–Crippen LogP) is 2.34. The van der Waals surface area contributed by atoms with Crippen molar-refractivity contribution in [3.05, 3.63) is 54.1 Å². The van der Waals surface area contributed by atoms with Crippen LogP contribution in [0.15, 0.2) is 42.9 Å². The SMILES string of the molecule is COc1ccc(C(C)NCc2cnccn2)cc1. The lowest BCUT2D eigenvalue weighted by atomic mass is 10.1. The summed E-state index contributed by atoms with van der Waals surface area (Å²) in [4.78, 5) is 8.27. The van der Waals surface area contributed by atoms with Crippen LogP contribution < -0.4 is 10.1 Å². The van der Waals surface area contributed by atoms with E-state index in [1.165, 1.54) is 5.56 Å². The molecule has 4 heteroatoms. The van der Waals surface area contributed by atoms with Gasteiger partial charge in [0, 0.05) is 31.2 Å². The Morgan fingerprint density at radius 2 is 2.00 bits per heavy atom. The standard InChI is InChI=1S/C14H17N3O/c1-11(12-3-5-14(18-2)6-4-12)17-10-13-9-15-7-8-16-13/h3-9,11,17H,10H2,1-2H3. The lowest BCUT2D eigenvalue weighted by molar-refractivity contribution is 0.414. The number of nitrogens with zero attached hydrogens (tertiary/aromatic N) is 2. The number of hydrogen-bond acceptors (Lipinski definition) is 4. The van der Waals surface area contributed by atoms with Crippen molar-refractivity contribution in [1.29, 1.82) is 0 Å². The fraction of sp³-hybridized carbons (Fsp3) is 0.286. The van der Waals surface area contributed by atoms with Gasteiger partial charge in [0.05, 0.1) is 12.8 Å². The Bertz CT molecular complexity index is 470. The zero-order valence-electron chi connectivity index (χ0n) is 10.6. The van der Waals surface area contributed by atoms with E-state index < -0.39 is 0 Å². The van der Waals surface area contributed by atoms with E-state index in [4.69, 9.17) is 4.74 Å². The predicted molar refractivity (Wildman–Crippen MR) is 70.3 cm³/mol. The van der Waals surface area contributed by atoms with Crippen LogP contribution in [0.2, 0.25) is 0 Å². The molecule has 18 heavy (non-hydrogen) atoms. The van der Waals surface area contributed by atoms with E-state index in [0.717, 1.165) is 11.4 Å². The monoisotopic (exact) mass is 243 g/mol. The molecule has 2 rings (SSSR count). The number of methoxy groups -OCH3 is 1. The van der Waals surface area contributed by atoms with Crippen LogP contribution in [0.1, 0.15) is 24.2 Å². The van der Waals surface area contributed by atoms with Crippen molar-refractivity contribution >= 4 is 0 Å². The molecule has 1 heterocycles. The molecule has 1 atom stereocenters. The van der Waals surface area contributed by atoms with Crippen molar-refractivity contribution in [2.45, 2.75) is 19.5 Å². The molecule has 1 aromatic heterocycles. The minimum atomic E-state index is 0.262. The van der Waals surface area contributed by atoms with E-state index in [-0.39, 0.29) is 6.04 Å². The minimum Gasteiger partial charge on any atom is -0.497 e. The number of benzene rings is 1. The van der Waals surface area contributed by atoms with Crippen molar-refractivity contribution < 1.29 is 4.74 Å². The highest BCUT2D eigenvalue weighted by Gasteiger charge is 2.05. The summed E-state index contributed by atoms with van der Waals surface area (Å²) in [7, 11) is 1.67. The molecule has 0 amide bonds. The van der Waals surface area contributed by atoms with Crippen molar-refractivity contribution in [2.24, 2.45) is 0 Å². The molecule has 0 saturated carbocycles. The first-order chi connectivity index (χ1) is 8.79. The van der Waals surface area contributed by atoms with Gasteiger partial charge in [-0.25, -0.2) is 0 Å². The molecular formula is C14H17N3O. The third kappa shape index (κ3) is 3.28. The first kappa shape index (κ1) is 12.5. The highest BCUT2D eigenvalue weighted by Crippen LogP contribution is 2.17. The maximum atomic E-state index is 5.14. The molecule has 4 nitrogen and oxygen atoms in total. The Morgan fingerprint density at radius 3 is 2.61 bits per heavy atom. The molecule has 0 aliphatic carbocycles. The van der Waals surface area contributed by atoms with E-state index in [2.05, 4.69) is 34.3 Å². The molecule has 0 bridgehead atoms. The molecule has 0 aliphatic heterocycles. The third-order valence-electron chi connectivity index (χ3n) is 2.82. The summed E-state index contributed by atoms with van der Waals surface area (Å²) in [6, 6.07) is 8.32. The molecule has 0 spiro atoms. The smallest absolute Gasteiger partial charge is 0.118 e. The Balaban J connectivity index is 1.93. The van der Waals surface area contributed by atoms with Crippen LogP contribution in [-0.2, 0) is 6.54 Å². The topological polar surface area (TPSA) is 47.0 Å². The van der Waals surface area contributed by atoms with E-state index in [0.29, 0.717) is 6.54 Å². The van der Waals surface area contributed by atoms with Crippen molar-refractivity contribution in [1.82, 2.24) is 15.3 Å². The maximum absolute atomic E-state index is 5.14. The van der Waals surface area contributed by atoms with Gasteiger partial charge in [0.2, 0.25) is 0 Å². The molecule has 1 N–H and O–H groups in total. The number of aromatic nitrogens is 2. The van der Waals surface area contributed by atoms with Crippen molar-refractivity contribution in [3.8, 4) is 5.75 Å². The normalized spacial score (nSPS) is 12.1. The summed E-state index contributed by atoms with van der Waals surface area (Å²) in [6.07, 6.45) is 5.15. The lowest BCUT2D eigenvalue weighted by Gasteiger charge is -2.14. The molecule has 1 aromatic carbocycles. The Labute approximate surface area is 107 Å². The zero-order chi connectivity index (χ0) is 12.8.